The first-order valence-corrected chi connectivity index (χ1v) is 5.78. The molecule has 0 aromatic rings. The maximum Gasteiger partial charge on any atom is -0.0253 e. The minimum absolute atomic E-state index is 0.861. The summed E-state index contributed by atoms with van der Waals surface area (Å²) in [6, 6.07) is 0. The van der Waals surface area contributed by atoms with Crippen molar-refractivity contribution >= 4 is 0 Å². The van der Waals surface area contributed by atoms with Gasteiger partial charge in [-0.1, -0.05) is 50.6 Å². The van der Waals surface area contributed by atoms with Crippen molar-refractivity contribution < 1.29 is 0 Å². The van der Waals surface area contributed by atoms with Crippen molar-refractivity contribution in [3.63, 3.8) is 0 Å². The minimum atomic E-state index is 0.861. The summed E-state index contributed by atoms with van der Waals surface area (Å²) in [5.41, 5.74) is 3.26. The molecule has 0 aromatic carbocycles. The largest absolute Gasteiger partial charge is 0.0991 e. The predicted octanol–water partition coefficient (Wildman–Crippen LogP) is 4.65. The maximum atomic E-state index is 3.73. The third-order valence-electron chi connectivity index (χ3n) is 2.95. The Balaban J connectivity index is 2.76. The second-order valence-electron chi connectivity index (χ2n) is 4.32. The van der Waals surface area contributed by atoms with Crippen molar-refractivity contribution in [2.24, 2.45) is 5.92 Å². The molecule has 0 N–H and O–H groups in total. The van der Waals surface area contributed by atoms with Crippen LogP contribution in [0.15, 0.2) is 36.0 Å². The Morgan fingerprint density at radius 3 is 2.93 bits per heavy atom. The van der Waals surface area contributed by atoms with E-state index in [1.807, 2.05) is 6.08 Å². The van der Waals surface area contributed by atoms with Crippen LogP contribution in [-0.2, 0) is 0 Å². The van der Waals surface area contributed by atoms with E-state index in [0.717, 1.165) is 5.92 Å². The van der Waals surface area contributed by atoms with E-state index in [9.17, 15) is 0 Å². The molecule has 0 saturated carbocycles. The van der Waals surface area contributed by atoms with Crippen LogP contribution >= 0.6 is 0 Å². The lowest BCUT2D eigenvalue weighted by atomic mass is 9.83. The first-order chi connectivity index (χ1) is 6.77. The van der Waals surface area contributed by atoms with E-state index in [-0.39, 0.29) is 0 Å². The second-order valence-corrected chi connectivity index (χ2v) is 4.32. The summed E-state index contributed by atoms with van der Waals surface area (Å²) in [5.74, 6) is 0.861. The third-order valence-corrected chi connectivity index (χ3v) is 2.95. The second kappa shape index (κ2) is 5.85. The molecule has 0 amide bonds. The van der Waals surface area contributed by atoms with Gasteiger partial charge < -0.3 is 0 Å². The smallest absolute Gasteiger partial charge is 0.0253 e. The van der Waals surface area contributed by atoms with Gasteiger partial charge in [0.15, 0.2) is 0 Å². The van der Waals surface area contributed by atoms with Crippen molar-refractivity contribution in [2.45, 2.75) is 46.0 Å². The molecule has 0 spiro atoms. The van der Waals surface area contributed by atoms with Crippen molar-refractivity contribution in [3.05, 3.63) is 36.0 Å². The summed E-state index contributed by atoms with van der Waals surface area (Å²) < 4.78 is 0. The molecule has 1 rings (SSSR count). The Morgan fingerprint density at radius 2 is 2.29 bits per heavy atom. The Labute approximate surface area is 88.4 Å². The number of rotatable bonds is 4. The van der Waals surface area contributed by atoms with E-state index in [1.165, 1.54) is 32.1 Å². The molecule has 0 radical (unpaired) electrons. The van der Waals surface area contributed by atoms with Gasteiger partial charge in [0.1, 0.15) is 0 Å². The molecule has 1 unspecified atom stereocenters. The third kappa shape index (κ3) is 3.17. The Hall–Kier alpha value is -0.780. The summed E-state index contributed by atoms with van der Waals surface area (Å²) in [6.07, 6.45) is 12.7. The van der Waals surface area contributed by atoms with Gasteiger partial charge in [-0.15, -0.1) is 0 Å². The molecule has 78 valence electrons. The normalized spacial score (nSPS) is 23.1. The summed E-state index contributed by atoms with van der Waals surface area (Å²) in [7, 11) is 0. The molecular formula is C14H22. The molecule has 0 bridgehead atoms. The monoisotopic (exact) mass is 190 g/mol. The molecule has 1 aliphatic rings. The molecule has 0 fully saturated rings. The summed E-state index contributed by atoms with van der Waals surface area (Å²) in [4.78, 5) is 0. The standard InChI is InChI=1S/C14H22/c1-4-6-8-14-11-12(3)9-10-13(14)7-5-2/h4,6,8,12H,1,5,7,9-11H2,2-3H3. The molecule has 0 heterocycles. The summed E-state index contributed by atoms with van der Waals surface area (Å²) in [6.45, 7) is 8.34. The van der Waals surface area contributed by atoms with E-state index in [0.29, 0.717) is 0 Å². The molecule has 0 aromatic heterocycles. The highest BCUT2D eigenvalue weighted by Crippen LogP contribution is 2.32. The minimum Gasteiger partial charge on any atom is -0.0991 e. The topological polar surface area (TPSA) is 0 Å². The highest BCUT2D eigenvalue weighted by molar-refractivity contribution is 5.29. The fraction of sp³-hybridized carbons (Fsp3) is 0.571. The van der Waals surface area contributed by atoms with Gasteiger partial charge in [0, 0.05) is 0 Å². The highest BCUT2D eigenvalue weighted by Gasteiger charge is 2.15. The van der Waals surface area contributed by atoms with Crippen LogP contribution in [0.3, 0.4) is 0 Å². The van der Waals surface area contributed by atoms with Crippen LogP contribution in [0.25, 0.3) is 0 Å². The Bertz CT molecular complexity index is 243. The van der Waals surface area contributed by atoms with Crippen LogP contribution in [0.2, 0.25) is 0 Å². The SMILES string of the molecule is C=CC=CC1=C(CCC)CCC(C)C1. The zero-order valence-electron chi connectivity index (χ0n) is 9.55. The van der Waals surface area contributed by atoms with Gasteiger partial charge in [0.25, 0.3) is 0 Å². The van der Waals surface area contributed by atoms with E-state index < -0.39 is 0 Å². The summed E-state index contributed by atoms with van der Waals surface area (Å²) >= 11 is 0. The van der Waals surface area contributed by atoms with Gasteiger partial charge in [-0.3, -0.25) is 0 Å². The number of allylic oxidation sites excluding steroid dienone is 5. The van der Waals surface area contributed by atoms with Crippen LogP contribution in [0.5, 0.6) is 0 Å². The van der Waals surface area contributed by atoms with Gasteiger partial charge >= 0.3 is 0 Å². The summed E-state index contributed by atoms with van der Waals surface area (Å²) in [5, 5.41) is 0. The van der Waals surface area contributed by atoms with Gasteiger partial charge in [0.05, 0.1) is 0 Å². The van der Waals surface area contributed by atoms with E-state index in [1.54, 1.807) is 11.1 Å². The molecule has 14 heavy (non-hydrogen) atoms. The van der Waals surface area contributed by atoms with Crippen LogP contribution in [-0.4, -0.2) is 0 Å². The Kier molecular flexibility index (Phi) is 4.72. The first kappa shape index (κ1) is 11.3. The number of hydrogen-bond donors (Lipinski definition) is 0. The molecule has 0 heteroatoms. The zero-order valence-corrected chi connectivity index (χ0v) is 9.55. The fourth-order valence-electron chi connectivity index (χ4n) is 2.16. The molecule has 0 nitrogen and oxygen atoms in total. The maximum absolute atomic E-state index is 3.73. The molecule has 0 aliphatic heterocycles. The molecular weight excluding hydrogens is 168 g/mol. The van der Waals surface area contributed by atoms with Crippen LogP contribution < -0.4 is 0 Å². The lowest BCUT2D eigenvalue weighted by molar-refractivity contribution is 0.493. The predicted molar refractivity (Wildman–Crippen MR) is 64.3 cm³/mol. The Morgan fingerprint density at radius 1 is 1.50 bits per heavy atom. The van der Waals surface area contributed by atoms with Crippen molar-refractivity contribution in [1.29, 1.82) is 0 Å². The van der Waals surface area contributed by atoms with Crippen molar-refractivity contribution in [1.82, 2.24) is 0 Å². The van der Waals surface area contributed by atoms with Gasteiger partial charge in [-0.2, -0.15) is 0 Å². The van der Waals surface area contributed by atoms with E-state index in [4.69, 9.17) is 0 Å². The van der Waals surface area contributed by atoms with Crippen molar-refractivity contribution in [3.8, 4) is 0 Å². The number of hydrogen-bond acceptors (Lipinski definition) is 0. The molecule has 0 saturated heterocycles. The quantitative estimate of drug-likeness (QED) is 0.566. The lowest BCUT2D eigenvalue weighted by Crippen LogP contribution is -2.06. The first-order valence-electron chi connectivity index (χ1n) is 5.78. The zero-order chi connectivity index (χ0) is 10.4. The van der Waals surface area contributed by atoms with Gasteiger partial charge in [-0.25, -0.2) is 0 Å². The average Bonchev–Trinajstić information content (AvgIpc) is 2.18. The van der Waals surface area contributed by atoms with Crippen LogP contribution in [0, 0.1) is 5.92 Å². The molecule has 1 aliphatic carbocycles. The lowest BCUT2D eigenvalue weighted by Gasteiger charge is -2.23. The van der Waals surface area contributed by atoms with Crippen molar-refractivity contribution in [2.75, 3.05) is 0 Å². The van der Waals surface area contributed by atoms with Gasteiger partial charge in [-0.05, 0) is 37.2 Å². The van der Waals surface area contributed by atoms with Gasteiger partial charge in [0.2, 0.25) is 0 Å². The fourth-order valence-corrected chi connectivity index (χ4v) is 2.16. The molecule has 1 atom stereocenters. The van der Waals surface area contributed by atoms with E-state index >= 15 is 0 Å². The highest BCUT2D eigenvalue weighted by atomic mass is 14.2. The van der Waals surface area contributed by atoms with E-state index in [2.05, 4.69) is 32.6 Å². The van der Waals surface area contributed by atoms with Crippen LogP contribution in [0.4, 0.5) is 0 Å². The average molecular weight is 190 g/mol. The van der Waals surface area contributed by atoms with Crippen LogP contribution in [0.1, 0.15) is 46.0 Å².